The van der Waals surface area contributed by atoms with Gasteiger partial charge in [-0.05, 0) is 18.9 Å². The van der Waals surface area contributed by atoms with Crippen LogP contribution >= 0.6 is 0 Å². The molecule has 10 heteroatoms. The number of nitro benzene ring substituents is 1. The van der Waals surface area contributed by atoms with Crippen LogP contribution in [0.3, 0.4) is 0 Å². The summed E-state index contributed by atoms with van der Waals surface area (Å²) in [7, 11) is -3.76. The van der Waals surface area contributed by atoms with E-state index in [1.807, 2.05) is 0 Å². The van der Waals surface area contributed by atoms with Crippen LogP contribution < -0.4 is 5.32 Å². The number of nitrogens with one attached hydrogen (secondary N) is 1. The first-order valence-electron chi connectivity index (χ1n) is 6.11. The van der Waals surface area contributed by atoms with Crippen molar-refractivity contribution in [1.29, 1.82) is 0 Å². The summed E-state index contributed by atoms with van der Waals surface area (Å²) in [4.78, 5) is 32.7. The van der Waals surface area contributed by atoms with Gasteiger partial charge >= 0.3 is 5.97 Å². The van der Waals surface area contributed by atoms with Crippen LogP contribution in [0.1, 0.15) is 23.2 Å². The van der Waals surface area contributed by atoms with E-state index in [1.165, 1.54) is 0 Å². The molecule has 1 amide bonds. The number of amides is 1. The monoisotopic (exact) mass is 328 g/mol. The van der Waals surface area contributed by atoms with E-state index in [2.05, 4.69) is 5.32 Å². The number of benzene rings is 1. The van der Waals surface area contributed by atoms with Crippen LogP contribution in [0.4, 0.5) is 5.69 Å². The van der Waals surface area contributed by atoms with Crippen LogP contribution in [0.5, 0.6) is 0 Å². The highest BCUT2D eigenvalue weighted by molar-refractivity contribution is 7.90. The first-order valence-corrected chi connectivity index (χ1v) is 8.00. The Balaban J connectivity index is 2.42. The molecule has 1 aromatic carbocycles. The number of nitrogens with zero attached hydrogens (tertiary/aromatic N) is 1. The van der Waals surface area contributed by atoms with Gasteiger partial charge in [0.15, 0.2) is 9.84 Å². The van der Waals surface area contributed by atoms with Gasteiger partial charge in [0.2, 0.25) is 0 Å². The molecule has 2 N–H and O–H groups in total. The van der Waals surface area contributed by atoms with Crippen molar-refractivity contribution in [3.8, 4) is 0 Å². The van der Waals surface area contributed by atoms with Gasteiger partial charge in [-0.3, -0.25) is 14.9 Å². The Labute approximate surface area is 125 Å². The highest BCUT2D eigenvalue weighted by Crippen LogP contribution is 2.36. The van der Waals surface area contributed by atoms with Crippen LogP contribution in [0, 0.1) is 10.1 Å². The van der Waals surface area contributed by atoms with E-state index in [4.69, 9.17) is 5.11 Å². The Hall–Kier alpha value is -2.49. The van der Waals surface area contributed by atoms with Gasteiger partial charge in [-0.1, -0.05) is 0 Å². The van der Waals surface area contributed by atoms with Crippen molar-refractivity contribution in [1.82, 2.24) is 5.32 Å². The van der Waals surface area contributed by atoms with Crippen molar-refractivity contribution in [2.45, 2.75) is 23.3 Å². The zero-order valence-electron chi connectivity index (χ0n) is 11.4. The summed E-state index contributed by atoms with van der Waals surface area (Å²) in [6, 6.07) is 2.73. The largest absolute Gasteiger partial charge is 0.480 e. The Kier molecular flexibility index (Phi) is 3.65. The van der Waals surface area contributed by atoms with E-state index in [1.54, 1.807) is 0 Å². The van der Waals surface area contributed by atoms with Gasteiger partial charge in [0.25, 0.3) is 11.6 Å². The van der Waals surface area contributed by atoms with E-state index in [-0.39, 0.29) is 23.3 Å². The van der Waals surface area contributed by atoms with E-state index in [0.29, 0.717) is 0 Å². The molecule has 2 rings (SSSR count). The summed E-state index contributed by atoms with van der Waals surface area (Å²) < 4.78 is 23.1. The average molecular weight is 328 g/mol. The number of nitro groups is 1. The summed E-state index contributed by atoms with van der Waals surface area (Å²) in [5, 5.41) is 22.1. The molecule has 0 aliphatic heterocycles. The summed E-state index contributed by atoms with van der Waals surface area (Å²) in [5.41, 5.74) is -2.21. The second-order valence-corrected chi connectivity index (χ2v) is 7.10. The summed E-state index contributed by atoms with van der Waals surface area (Å²) in [5.74, 6) is -2.07. The summed E-state index contributed by atoms with van der Waals surface area (Å²) >= 11 is 0. The van der Waals surface area contributed by atoms with Crippen LogP contribution in [0.2, 0.25) is 0 Å². The maximum absolute atomic E-state index is 12.1. The molecule has 1 saturated carbocycles. The van der Waals surface area contributed by atoms with Crippen LogP contribution in [-0.4, -0.2) is 42.1 Å². The van der Waals surface area contributed by atoms with Crippen molar-refractivity contribution >= 4 is 27.4 Å². The van der Waals surface area contributed by atoms with Gasteiger partial charge in [-0.2, -0.15) is 0 Å². The molecule has 22 heavy (non-hydrogen) atoms. The third kappa shape index (κ3) is 3.06. The molecule has 1 aliphatic rings. The van der Waals surface area contributed by atoms with Crippen LogP contribution in [0.15, 0.2) is 23.1 Å². The second kappa shape index (κ2) is 5.05. The van der Waals surface area contributed by atoms with Gasteiger partial charge in [-0.15, -0.1) is 0 Å². The fourth-order valence-electron chi connectivity index (χ4n) is 1.84. The molecule has 1 aromatic rings. The van der Waals surface area contributed by atoms with Gasteiger partial charge in [0, 0.05) is 24.0 Å². The maximum Gasteiger partial charge on any atom is 0.329 e. The fraction of sp³-hybridized carbons (Fsp3) is 0.333. The second-order valence-electron chi connectivity index (χ2n) is 5.09. The van der Waals surface area contributed by atoms with Gasteiger partial charge in [0.05, 0.1) is 9.82 Å². The third-order valence-electron chi connectivity index (χ3n) is 3.30. The molecule has 1 fully saturated rings. The fourth-order valence-corrected chi connectivity index (χ4v) is 2.52. The Morgan fingerprint density at radius 3 is 2.32 bits per heavy atom. The lowest BCUT2D eigenvalue weighted by atomic mass is 10.1. The molecule has 0 bridgehead atoms. The number of hydrogen-bond donors (Lipinski definition) is 2. The number of carbonyl (C=O) groups excluding carboxylic acids is 1. The minimum Gasteiger partial charge on any atom is -0.480 e. The SMILES string of the molecule is CS(=O)(=O)c1cc(C(=O)NC2(C(=O)O)CC2)cc([N+](=O)[O-])c1. The molecule has 9 nitrogen and oxygen atoms in total. The highest BCUT2D eigenvalue weighted by Gasteiger charge is 2.51. The summed E-state index contributed by atoms with van der Waals surface area (Å²) in [6.07, 6.45) is 1.36. The molecular formula is C12H12N2O7S. The van der Waals surface area contributed by atoms with Crippen molar-refractivity contribution in [3.05, 3.63) is 33.9 Å². The highest BCUT2D eigenvalue weighted by atomic mass is 32.2. The van der Waals surface area contributed by atoms with E-state index < -0.39 is 37.9 Å². The number of rotatable bonds is 5. The zero-order chi connectivity index (χ0) is 16.7. The molecule has 0 atom stereocenters. The number of hydrogen-bond acceptors (Lipinski definition) is 6. The third-order valence-corrected chi connectivity index (χ3v) is 4.40. The van der Waals surface area contributed by atoms with Crippen molar-refractivity contribution < 1.29 is 28.0 Å². The van der Waals surface area contributed by atoms with Crippen molar-refractivity contribution in [3.63, 3.8) is 0 Å². The molecule has 0 unspecified atom stereocenters. The zero-order valence-corrected chi connectivity index (χ0v) is 12.2. The lowest BCUT2D eigenvalue weighted by molar-refractivity contribution is -0.385. The first-order chi connectivity index (χ1) is 10.0. The average Bonchev–Trinajstić information content (AvgIpc) is 3.18. The van der Waals surface area contributed by atoms with Gasteiger partial charge in [-0.25, -0.2) is 13.2 Å². The molecule has 0 radical (unpaired) electrons. The Bertz CT molecular complexity index is 781. The number of carboxylic acids is 1. The molecule has 0 saturated heterocycles. The number of aliphatic carboxylic acids is 1. The lowest BCUT2D eigenvalue weighted by Gasteiger charge is -2.12. The number of sulfone groups is 1. The number of carbonyl (C=O) groups is 2. The minimum atomic E-state index is -3.76. The molecule has 118 valence electrons. The first kappa shape index (κ1) is 15.9. The maximum atomic E-state index is 12.1. The van der Waals surface area contributed by atoms with Crippen LogP contribution in [0.25, 0.3) is 0 Å². The quantitative estimate of drug-likeness (QED) is 0.586. The Morgan fingerprint density at radius 2 is 1.91 bits per heavy atom. The van der Waals surface area contributed by atoms with Crippen molar-refractivity contribution in [2.24, 2.45) is 0 Å². The van der Waals surface area contributed by atoms with E-state index in [9.17, 15) is 28.1 Å². The number of carboxylic acid groups (broad SMARTS) is 1. The molecule has 0 aromatic heterocycles. The smallest absolute Gasteiger partial charge is 0.329 e. The summed E-state index contributed by atoms with van der Waals surface area (Å²) in [6.45, 7) is 0. The Morgan fingerprint density at radius 1 is 1.32 bits per heavy atom. The minimum absolute atomic E-state index is 0.252. The van der Waals surface area contributed by atoms with E-state index >= 15 is 0 Å². The predicted molar refractivity (Wildman–Crippen MR) is 73.3 cm³/mol. The number of non-ortho nitro benzene ring substituents is 1. The van der Waals surface area contributed by atoms with Crippen molar-refractivity contribution in [2.75, 3.05) is 6.26 Å². The normalized spacial score (nSPS) is 15.9. The van der Waals surface area contributed by atoms with Gasteiger partial charge in [0.1, 0.15) is 5.54 Å². The predicted octanol–water partition coefficient (Wildman–Crippen LogP) is 0.345. The molecular weight excluding hydrogens is 316 g/mol. The van der Waals surface area contributed by atoms with Crippen LogP contribution in [-0.2, 0) is 14.6 Å². The molecule has 1 aliphatic carbocycles. The standard InChI is InChI=1S/C12H12N2O7S/c1-22(20,21)9-5-7(4-8(6-9)14(18)19)10(15)13-12(2-3-12)11(16)17/h4-6H,2-3H2,1H3,(H,13,15)(H,16,17). The lowest BCUT2D eigenvalue weighted by Crippen LogP contribution is -2.43. The van der Waals surface area contributed by atoms with E-state index in [0.717, 1.165) is 24.5 Å². The van der Waals surface area contributed by atoms with Gasteiger partial charge < -0.3 is 10.4 Å². The molecule has 0 spiro atoms. The molecule has 0 heterocycles. The topological polar surface area (TPSA) is 144 Å².